The van der Waals surface area contributed by atoms with Crippen molar-refractivity contribution in [1.29, 1.82) is 0 Å². The molecule has 45 heavy (non-hydrogen) atoms. The lowest BCUT2D eigenvalue weighted by Crippen LogP contribution is -2.50. The number of carbonyl (C=O) groups excluding carboxylic acids is 2. The molecule has 0 bridgehead atoms. The summed E-state index contributed by atoms with van der Waals surface area (Å²) in [5.74, 6) is -0.440. The van der Waals surface area contributed by atoms with Crippen LogP contribution in [0.2, 0.25) is 5.02 Å². The molecule has 3 amide bonds. The molecule has 0 spiro atoms. The van der Waals surface area contributed by atoms with Gasteiger partial charge in [0.2, 0.25) is 10.0 Å². The van der Waals surface area contributed by atoms with Gasteiger partial charge in [-0.25, -0.2) is 13.2 Å². The monoisotopic (exact) mass is 650 g/mol. The highest BCUT2D eigenvalue weighted by molar-refractivity contribution is 7.89. The van der Waals surface area contributed by atoms with Gasteiger partial charge in [-0.15, -0.1) is 0 Å². The molecular weight excluding hydrogens is 616 g/mol. The Labute approximate surface area is 267 Å². The summed E-state index contributed by atoms with van der Waals surface area (Å²) < 4.78 is 34.2. The number of benzene rings is 4. The van der Waals surface area contributed by atoms with Crippen molar-refractivity contribution in [3.63, 3.8) is 0 Å². The van der Waals surface area contributed by atoms with Crippen molar-refractivity contribution in [3.05, 3.63) is 95.5 Å². The van der Waals surface area contributed by atoms with Crippen molar-refractivity contribution < 1.29 is 27.9 Å². The molecule has 0 saturated carbocycles. The zero-order valence-electron chi connectivity index (χ0n) is 25.1. The first-order valence-electron chi connectivity index (χ1n) is 14.5. The van der Waals surface area contributed by atoms with Gasteiger partial charge < -0.3 is 25.4 Å². The van der Waals surface area contributed by atoms with E-state index in [1.165, 1.54) is 41.7 Å². The van der Waals surface area contributed by atoms with E-state index in [4.69, 9.17) is 16.3 Å². The van der Waals surface area contributed by atoms with Gasteiger partial charge in [-0.05, 0) is 60.8 Å². The number of carbonyl (C=O) groups is 2. The number of nitrogens with zero attached hydrogens (tertiary/aromatic N) is 2. The Bertz CT molecular complexity index is 1810. The molecule has 0 unspecified atom stereocenters. The standard InChI is InChI=1S/C33H35ClN4O6S/c1-21-18-38(22(2)20-39)32(40)28-17-25(35-33(41)36-29-10-6-8-23-7-4-5-9-27(23)29)13-16-30(28)44-31(21)19-37(3)45(42,43)26-14-11-24(34)12-15-26/h4-17,21-22,31,39H,18-20H2,1-3H3,(H2,35,36,41)/t21-,22-,31+/m1/s1. The highest BCUT2D eigenvalue weighted by atomic mass is 35.5. The van der Waals surface area contributed by atoms with Crippen LogP contribution in [0.1, 0.15) is 24.2 Å². The predicted molar refractivity (Wildman–Crippen MR) is 175 cm³/mol. The number of aliphatic hydroxyl groups excluding tert-OH is 1. The van der Waals surface area contributed by atoms with Gasteiger partial charge in [-0.1, -0.05) is 54.9 Å². The van der Waals surface area contributed by atoms with Gasteiger partial charge >= 0.3 is 6.03 Å². The second-order valence-corrected chi connectivity index (χ2v) is 13.7. The molecule has 0 radical (unpaired) electrons. The first-order chi connectivity index (χ1) is 21.5. The molecule has 0 fully saturated rings. The number of halogens is 1. The Morgan fingerprint density at radius 1 is 1.07 bits per heavy atom. The third kappa shape index (κ3) is 7.07. The summed E-state index contributed by atoms with van der Waals surface area (Å²) >= 11 is 5.95. The van der Waals surface area contributed by atoms with Crippen LogP contribution in [-0.2, 0) is 10.0 Å². The Kier molecular flexibility index (Phi) is 9.64. The summed E-state index contributed by atoms with van der Waals surface area (Å²) in [6.45, 7) is 3.54. The van der Waals surface area contributed by atoms with E-state index in [2.05, 4.69) is 10.6 Å². The summed E-state index contributed by atoms with van der Waals surface area (Å²) in [5, 5.41) is 17.9. The van der Waals surface area contributed by atoms with E-state index in [9.17, 15) is 23.1 Å². The fourth-order valence-electron chi connectivity index (χ4n) is 5.28. The SMILES string of the molecule is C[C@@H]1CN([C@H](C)CO)C(=O)c2cc(NC(=O)Nc3cccc4ccccc34)ccc2O[C@H]1CN(C)S(=O)(=O)c1ccc(Cl)cc1. The molecule has 1 aliphatic rings. The van der Waals surface area contributed by atoms with E-state index in [1.54, 1.807) is 30.0 Å². The molecule has 0 aromatic heterocycles. The fourth-order valence-corrected chi connectivity index (χ4v) is 6.58. The maximum atomic E-state index is 13.8. The van der Waals surface area contributed by atoms with E-state index in [1.807, 2.05) is 43.3 Å². The van der Waals surface area contributed by atoms with Crippen molar-refractivity contribution >= 4 is 55.7 Å². The van der Waals surface area contributed by atoms with Gasteiger partial charge in [-0.2, -0.15) is 4.31 Å². The molecule has 3 atom stereocenters. The van der Waals surface area contributed by atoms with Crippen LogP contribution in [0.3, 0.4) is 0 Å². The molecule has 236 valence electrons. The second-order valence-electron chi connectivity index (χ2n) is 11.2. The number of likely N-dealkylation sites (N-methyl/N-ethyl adjacent to an activating group) is 1. The maximum Gasteiger partial charge on any atom is 0.323 e. The van der Waals surface area contributed by atoms with E-state index < -0.39 is 28.2 Å². The van der Waals surface area contributed by atoms with E-state index in [-0.39, 0.29) is 47.7 Å². The lowest BCUT2D eigenvalue weighted by Gasteiger charge is -2.38. The lowest BCUT2D eigenvalue weighted by atomic mass is 9.99. The number of hydrogen-bond donors (Lipinski definition) is 3. The van der Waals surface area contributed by atoms with Crippen LogP contribution in [0.4, 0.5) is 16.2 Å². The van der Waals surface area contributed by atoms with Crippen molar-refractivity contribution in [2.45, 2.75) is 30.9 Å². The highest BCUT2D eigenvalue weighted by Gasteiger charge is 2.35. The van der Waals surface area contributed by atoms with Crippen LogP contribution in [0.25, 0.3) is 10.8 Å². The molecule has 1 aliphatic heterocycles. The first-order valence-corrected chi connectivity index (χ1v) is 16.3. The number of hydrogen-bond acceptors (Lipinski definition) is 6. The summed E-state index contributed by atoms with van der Waals surface area (Å²) in [4.78, 5) is 28.5. The number of fused-ring (bicyclic) bond motifs is 2. The normalized spacial score (nSPS) is 17.6. The van der Waals surface area contributed by atoms with Gasteiger partial charge in [0.15, 0.2) is 0 Å². The van der Waals surface area contributed by atoms with Crippen molar-refractivity contribution in [3.8, 4) is 5.75 Å². The molecule has 4 aromatic carbocycles. The van der Waals surface area contributed by atoms with E-state index in [0.29, 0.717) is 16.4 Å². The van der Waals surface area contributed by atoms with Gasteiger partial charge in [0.25, 0.3) is 5.91 Å². The summed E-state index contributed by atoms with van der Waals surface area (Å²) in [6, 6.07) is 22.9. The van der Waals surface area contributed by atoms with Crippen LogP contribution in [0.5, 0.6) is 5.75 Å². The van der Waals surface area contributed by atoms with E-state index >= 15 is 0 Å². The average Bonchev–Trinajstić information content (AvgIpc) is 3.03. The second kappa shape index (κ2) is 13.5. The third-order valence-electron chi connectivity index (χ3n) is 7.92. The van der Waals surface area contributed by atoms with Crippen LogP contribution >= 0.6 is 11.6 Å². The number of ether oxygens (including phenoxy) is 1. The Hall–Kier alpha value is -4.16. The molecule has 12 heteroatoms. The van der Waals surface area contributed by atoms with Crippen molar-refractivity contribution in [2.24, 2.45) is 5.92 Å². The van der Waals surface area contributed by atoms with Crippen molar-refractivity contribution in [2.75, 3.05) is 37.4 Å². The van der Waals surface area contributed by atoms with Gasteiger partial charge in [0.05, 0.1) is 35.3 Å². The molecule has 10 nitrogen and oxygen atoms in total. The number of aliphatic hydroxyl groups is 1. The van der Waals surface area contributed by atoms with E-state index in [0.717, 1.165) is 10.8 Å². The number of sulfonamides is 1. The quantitative estimate of drug-likeness (QED) is 0.225. The number of urea groups is 1. The fraction of sp³-hybridized carbons (Fsp3) is 0.273. The molecule has 0 aliphatic carbocycles. The number of nitrogens with one attached hydrogen (secondary N) is 2. The van der Waals surface area contributed by atoms with Crippen LogP contribution in [0, 0.1) is 5.92 Å². The molecule has 0 saturated heterocycles. The summed E-state index contributed by atoms with van der Waals surface area (Å²) in [5.41, 5.74) is 1.17. The smallest absolute Gasteiger partial charge is 0.323 e. The van der Waals surface area contributed by atoms with Gasteiger partial charge in [0.1, 0.15) is 11.9 Å². The number of amides is 3. The highest BCUT2D eigenvalue weighted by Crippen LogP contribution is 2.32. The third-order valence-corrected chi connectivity index (χ3v) is 10.0. The number of rotatable bonds is 8. The molecule has 3 N–H and O–H groups in total. The van der Waals surface area contributed by atoms with Crippen LogP contribution in [0.15, 0.2) is 89.8 Å². The Morgan fingerprint density at radius 2 is 1.78 bits per heavy atom. The van der Waals surface area contributed by atoms with Crippen LogP contribution in [-0.4, -0.2) is 73.6 Å². The zero-order chi connectivity index (χ0) is 32.3. The van der Waals surface area contributed by atoms with Gasteiger partial charge in [0, 0.05) is 35.6 Å². The lowest BCUT2D eigenvalue weighted by molar-refractivity contribution is 0.0387. The van der Waals surface area contributed by atoms with Gasteiger partial charge in [-0.3, -0.25) is 4.79 Å². The molecule has 4 aromatic rings. The minimum atomic E-state index is -3.86. The average molecular weight is 651 g/mol. The first kappa shape index (κ1) is 32.2. The number of anilines is 2. The molecular formula is C33H35ClN4O6S. The van der Waals surface area contributed by atoms with Crippen LogP contribution < -0.4 is 15.4 Å². The minimum Gasteiger partial charge on any atom is -0.488 e. The van der Waals surface area contributed by atoms with Crippen molar-refractivity contribution in [1.82, 2.24) is 9.21 Å². The predicted octanol–water partition coefficient (Wildman–Crippen LogP) is 5.68. The maximum absolute atomic E-state index is 13.8. The topological polar surface area (TPSA) is 128 Å². The Balaban J connectivity index is 1.41. The summed E-state index contributed by atoms with van der Waals surface area (Å²) in [6.07, 6.45) is -0.647. The minimum absolute atomic E-state index is 0.00541. The molecule has 5 rings (SSSR count). The zero-order valence-corrected chi connectivity index (χ0v) is 26.7. The molecule has 1 heterocycles. The largest absolute Gasteiger partial charge is 0.488 e. The summed E-state index contributed by atoms with van der Waals surface area (Å²) in [7, 11) is -2.39. The Morgan fingerprint density at radius 3 is 2.51 bits per heavy atom.